The summed E-state index contributed by atoms with van der Waals surface area (Å²) in [4.78, 5) is 21.0. The van der Waals surface area contributed by atoms with E-state index in [2.05, 4.69) is 4.98 Å². The Balaban J connectivity index is 1.79. The lowest BCUT2D eigenvalue weighted by atomic mass is 10.2. The molecule has 2 heterocycles. The van der Waals surface area contributed by atoms with Crippen LogP contribution in [0.3, 0.4) is 0 Å². The van der Waals surface area contributed by atoms with Crippen LogP contribution in [0.1, 0.15) is 30.6 Å². The number of para-hydroxylation sites is 1. The zero-order chi connectivity index (χ0) is 19.4. The molecule has 0 aliphatic carbocycles. The maximum atomic E-state index is 12.9. The first-order valence-electron chi connectivity index (χ1n) is 9.25. The van der Waals surface area contributed by atoms with Crippen LogP contribution < -0.4 is 9.80 Å². The van der Waals surface area contributed by atoms with E-state index in [1.54, 1.807) is 23.2 Å². The quantitative estimate of drug-likeness (QED) is 0.762. The van der Waals surface area contributed by atoms with E-state index in [1.165, 1.54) is 0 Å². The second kappa shape index (κ2) is 8.08. The molecule has 144 valence electrons. The van der Waals surface area contributed by atoms with Gasteiger partial charge in [0.05, 0.1) is 17.1 Å². The lowest BCUT2D eigenvalue weighted by Gasteiger charge is -2.28. The van der Waals surface area contributed by atoms with Crippen LogP contribution in [0.2, 0.25) is 0 Å². The molecule has 1 unspecified atom stereocenters. The zero-order valence-electron chi connectivity index (χ0n) is 15.7. The molecule has 0 saturated carbocycles. The monoisotopic (exact) mass is 387 g/mol. The van der Waals surface area contributed by atoms with Gasteiger partial charge < -0.3 is 9.80 Å². The second-order valence-corrected chi connectivity index (χ2v) is 8.86. The Bertz CT molecular complexity index is 882. The van der Waals surface area contributed by atoms with Gasteiger partial charge >= 0.3 is 0 Å². The molecule has 0 N–H and O–H groups in total. The highest BCUT2D eigenvalue weighted by Crippen LogP contribution is 2.23. The van der Waals surface area contributed by atoms with Crippen LogP contribution in [0.15, 0.2) is 48.7 Å². The highest BCUT2D eigenvalue weighted by atomic mass is 32.2. The Morgan fingerprint density at radius 1 is 1.11 bits per heavy atom. The summed E-state index contributed by atoms with van der Waals surface area (Å²) >= 11 is 0. The van der Waals surface area contributed by atoms with E-state index in [0.29, 0.717) is 30.9 Å². The Morgan fingerprint density at radius 3 is 2.37 bits per heavy atom. The van der Waals surface area contributed by atoms with Gasteiger partial charge in [0.1, 0.15) is 5.82 Å². The van der Waals surface area contributed by atoms with Crippen LogP contribution in [0.4, 0.5) is 11.5 Å². The van der Waals surface area contributed by atoms with E-state index in [0.717, 1.165) is 5.69 Å². The van der Waals surface area contributed by atoms with Gasteiger partial charge in [-0.3, -0.25) is 4.79 Å². The lowest BCUT2D eigenvalue weighted by Crippen LogP contribution is -2.37. The molecule has 0 spiro atoms. The van der Waals surface area contributed by atoms with Crippen molar-refractivity contribution in [1.29, 1.82) is 0 Å². The number of pyridine rings is 1. The molecule has 1 atom stereocenters. The SMILES string of the molecule is CCN(C(=O)c1ccc(N(CC)C2CCS(=O)(=O)C2)nc1)c1ccccc1. The summed E-state index contributed by atoms with van der Waals surface area (Å²) in [5.74, 6) is 1.00. The third kappa shape index (κ3) is 4.30. The van der Waals surface area contributed by atoms with E-state index < -0.39 is 9.84 Å². The van der Waals surface area contributed by atoms with E-state index in [4.69, 9.17) is 0 Å². The fraction of sp³-hybridized carbons (Fsp3) is 0.400. The van der Waals surface area contributed by atoms with Gasteiger partial charge in [-0.25, -0.2) is 13.4 Å². The van der Waals surface area contributed by atoms with Gasteiger partial charge in [-0.2, -0.15) is 0 Å². The van der Waals surface area contributed by atoms with Crippen LogP contribution in [0.5, 0.6) is 0 Å². The molecule has 0 radical (unpaired) electrons. The summed E-state index contributed by atoms with van der Waals surface area (Å²) in [5, 5.41) is 0. The van der Waals surface area contributed by atoms with Crippen LogP contribution in [0, 0.1) is 0 Å². The van der Waals surface area contributed by atoms with Crippen molar-refractivity contribution in [2.45, 2.75) is 26.3 Å². The van der Waals surface area contributed by atoms with Crippen molar-refractivity contribution in [2.24, 2.45) is 0 Å². The van der Waals surface area contributed by atoms with Crippen molar-refractivity contribution in [2.75, 3.05) is 34.4 Å². The van der Waals surface area contributed by atoms with Gasteiger partial charge in [0, 0.05) is 31.0 Å². The summed E-state index contributed by atoms with van der Waals surface area (Å²) in [7, 11) is -2.96. The first-order valence-corrected chi connectivity index (χ1v) is 11.1. The average Bonchev–Trinajstić information content (AvgIpc) is 3.04. The smallest absolute Gasteiger partial charge is 0.259 e. The lowest BCUT2D eigenvalue weighted by molar-refractivity contribution is 0.0988. The first-order chi connectivity index (χ1) is 12.9. The largest absolute Gasteiger partial charge is 0.353 e. The van der Waals surface area contributed by atoms with Crippen LogP contribution in [-0.2, 0) is 9.84 Å². The summed E-state index contributed by atoms with van der Waals surface area (Å²) in [6.45, 7) is 5.16. The van der Waals surface area contributed by atoms with Gasteiger partial charge in [0.15, 0.2) is 9.84 Å². The normalized spacial score (nSPS) is 18.2. The number of hydrogen-bond donors (Lipinski definition) is 0. The first kappa shape index (κ1) is 19.4. The molecular weight excluding hydrogens is 362 g/mol. The average molecular weight is 388 g/mol. The van der Waals surface area contributed by atoms with Gasteiger partial charge in [-0.05, 0) is 44.5 Å². The van der Waals surface area contributed by atoms with Crippen molar-refractivity contribution in [3.05, 3.63) is 54.2 Å². The van der Waals surface area contributed by atoms with Crippen molar-refractivity contribution >= 4 is 27.2 Å². The van der Waals surface area contributed by atoms with Gasteiger partial charge in [-0.15, -0.1) is 0 Å². The predicted molar refractivity (Wildman–Crippen MR) is 108 cm³/mol. The summed E-state index contributed by atoms with van der Waals surface area (Å²) < 4.78 is 23.6. The molecule has 1 aromatic carbocycles. The van der Waals surface area contributed by atoms with E-state index in [9.17, 15) is 13.2 Å². The Morgan fingerprint density at radius 2 is 1.85 bits per heavy atom. The highest BCUT2D eigenvalue weighted by molar-refractivity contribution is 7.91. The third-order valence-corrected chi connectivity index (χ3v) is 6.66. The van der Waals surface area contributed by atoms with E-state index >= 15 is 0 Å². The minimum atomic E-state index is -2.96. The number of hydrogen-bond acceptors (Lipinski definition) is 5. The van der Waals surface area contributed by atoms with Gasteiger partial charge in [0.2, 0.25) is 0 Å². The fourth-order valence-corrected chi connectivity index (χ4v) is 5.25. The highest BCUT2D eigenvalue weighted by Gasteiger charge is 2.32. The second-order valence-electron chi connectivity index (χ2n) is 6.63. The summed E-state index contributed by atoms with van der Waals surface area (Å²) in [5.41, 5.74) is 1.36. The number of benzene rings is 1. The van der Waals surface area contributed by atoms with Crippen molar-refractivity contribution in [3.63, 3.8) is 0 Å². The molecular formula is C20H25N3O3S. The Kier molecular flexibility index (Phi) is 5.79. The molecule has 6 nitrogen and oxygen atoms in total. The summed E-state index contributed by atoms with van der Waals surface area (Å²) in [6.07, 6.45) is 2.20. The number of amides is 1. The Labute approximate surface area is 160 Å². The maximum absolute atomic E-state index is 12.9. The molecule has 1 saturated heterocycles. The molecule has 1 aromatic heterocycles. The maximum Gasteiger partial charge on any atom is 0.259 e. The van der Waals surface area contributed by atoms with Crippen LogP contribution >= 0.6 is 0 Å². The van der Waals surface area contributed by atoms with Crippen molar-refractivity contribution in [3.8, 4) is 0 Å². The van der Waals surface area contributed by atoms with Crippen LogP contribution in [-0.4, -0.2) is 49.9 Å². The number of carbonyl (C=O) groups excluding carboxylic acids is 1. The molecule has 1 fully saturated rings. The molecule has 3 rings (SSSR count). The number of sulfone groups is 1. The number of carbonyl (C=O) groups is 1. The number of nitrogens with zero attached hydrogens (tertiary/aromatic N) is 3. The minimum Gasteiger partial charge on any atom is -0.353 e. The topological polar surface area (TPSA) is 70.6 Å². The molecule has 1 aliphatic heterocycles. The fourth-order valence-electron chi connectivity index (χ4n) is 3.52. The van der Waals surface area contributed by atoms with E-state index in [-0.39, 0.29) is 23.5 Å². The third-order valence-electron chi connectivity index (χ3n) is 4.91. The molecule has 7 heteroatoms. The molecule has 0 bridgehead atoms. The van der Waals surface area contributed by atoms with Gasteiger partial charge in [-0.1, -0.05) is 18.2 Å². The van der Waals surface area contributed by atoms with Crippen LogP contribution in [0.25, 0.3) is 0 Å². The number of rotatable bonds is 6. The standard InChI is InChI=1S/C20H25N3O3S/c1-3-22(18-12-13-27(25,26)15-18)19-11-10-16(14-21-19)20(24)23(4-2)17-8-6-5-7-9-17/h5-11,14,18H,3-4,12-13,15H2,1-2H3. The number of anilines is 2. The molecule has 27 heavy (non-hydrogen) atoms. The molecule has 2 aromatic rings. The van der Waals surface area contributed by atoms with Crippen molar-refractivity contribution < 1.29 is 13.2 Å². The van der Waals surface area contributed by atoms with Gasteiger partial charge in [0.25, 0.3) is 5.91 Å². The zero-order valence-corrected chi connectivity index (χ0v) is 16.5. The molecule has 1 amide bonds. The number of aromatic nitrogens is 1. The van der Waals surface area contributed by atoms with Crippen molar-refractivity contribution in [1.82, 2.24) is 4.98 Å². The molecule has 1 aliphatic rings. The summed E-state index contributed by atoms with van der Waals surface area (Å²) in [6, 6.07) is 13.1. The minimum absolute atomic E-state index is 0.0505. The Hall–Kier alpha value is -2.41. The predicted octanol–water partition coefficient (Wildman–Crippen LogP) is 2.76. The van der Waals surface area contributed by atoms with E-state index in [1.807, 2.05) is 49.1 Å².